The van der Waals surface area contributed by atoms with Crippen molar-refractivity contribution in [3.8, 4) is 0 Å². The molecule has 0 spiro atoms. The van der Waals surface area contributed by atoms with Gasteiger partial charge in [0.05, 0.1) is 13.0 Å². The number of hydrogen-bond acceptors (Lipinski definition) is 3. The van der Waals surface area contributed by atoms with Crippen molar-refractivity contribution in [1.29, 1.82) is 0 Å². The average molecular weight is 233 g/mol. The molecule has 1 aliphatic rings. The summed E-state index contributed by atoms with van der Waals surface area (Å²) in [5, 5.41) is 0. The van der Waals surface area contributed by atoms with E-state index in [0.717, 1.165) is 25.7 Å². The molecule has 0 bridgehead atoms. The summed E-state index contributed by atoms with van der Waals surface area (Å²) < 4.78 is 4.91. The van der Waals surface area contributed by atoms with Crippen LogP contribution in [0, 0.1) is 11.8 Å². The van der Waals surface area contributed by atoms with Gasteiger partial charge in [-0.1, -0.05) is 12.8 Å². The number of ether oxygens (including phenoxy) is 1. The van der Waals surface area contributed by atoms with E-state index in [4.69, 9.17) is 4.74 Å². The zero-order valence-electron chi connectivity index (χ0n) is 10.3. The summed E-state index contributed by atoms with van der Waals surface area (Å²) in [5.41, 5.74) is 1.26. The van der Waals surface area contributed by atoms with E-state index in [2.05, 4.69) is 4.98 Å². The molecule has 3 nitrogen and oxygen atoms in total. The third-order valence-electron chi connectivity index (χ3n) is 3.66. The zero-order chi connectivity index (χ0) is 12.1. The van der Waals surface area contributed by atoms with Gasteiger partial charge in [0, 0.05) is 12.4 Å². The lowest BCUT2D eigenvalue weighted by Crippen LogP contribution is -2.29. The molecule has 92 valence electrons. The summed E-state index contributed by atoms with van der Waals surface area (Å²) >= 11 is 0. The van der Waals surface area contributed by atoms with Crippen molar-refractivity contribution in [1.82, 2.24) is 4.98 Å². The van der Waals surface area contributed by atoms with Crippen molar-refractivity contribution in [2.45, 2.75) is 32.1 Å². The van der Waals surface area contributed by atoms with Crippen molar-refractivity contribution in [2.24, 2.45) is 11.8 Å². The summed E-state index contributed by atoms with van der Waals surface area (Å²) in [6, 6.07) is 4.06. The lowest BCUT2D eigenvalue weighted by atomic mass is 9.76. The Kier molecular flexibility index (Phi) is 4.13. The Hall–Kier alpha value is -1.38. The number of rotatable bonds is 3. The Balaban J connectivity index is 2.04. The standard InChI is InChI=1S/C14H19NO2/c1-17-14(16)13-5-3-2-4-12(13)10-11-6-8-15-9-7-11/h6-9,12-13H,2-5,10H2,1H3. The molecule has 1 aliphatic carbocycles. The van der Waals surface area contributed by atoms with E-state index < -0.39 is 0 Å². The minimum absolute atomic E-state index is 0.0382. The highest BCUT2D eigenvalue weighted by molar-refractivity contribution is 5.72. The largest absolute Gasteiger partial charge is 0.469 e. The van der Waals surface area contributed by atoms with Gasteiger partial charge in [0.1, 0.15) is 0 Å². The van der Waals surface area contributed by atoms with Crippen LogP contribution in [0.2, 0.25) is 0 Å². The number of aromatic nitrogens is 1. The van der Waals surface area contributed by atoms with E-state index in [9.17, 15) is 4.79 Å². The molecule has 0 saturated heterocycles. The molecule has 0 aromatic carbocycles. The van der Waals surface area contributed by atoms with Gasteiger partial charge in [0.25, 0.3) is 0 Å². The van der Waals surface area contributed by atoms with Gasteiger partial charge < -0.3 is 4.74 Å². The normalized spacial score (nSPS) is 24.3. The summed E-state index contributed by atoms with van der Waals surface area (Å²) in [7, 11) is 1.49. The number of esters is 1. The fourth-order valence-electron chi connectivity index (χ4n) is 2.74. The molecule has 2 atom stereocenters. The van der Waals surface area contributed by atoms with Gasteiger partial charge in [-0.25, -0.2) is 0 Å². The molecule has 1 fully saturated rings. The third-order valence-corrected chi connectivity index (χ3v) is 3.66. The number of nitrogens with zero attached hydrogens (tertiary/aromatic N) is 1. The van der Waals surface area contributed by atoms with Gasteiger partial charge in [-0.2, -0.15) is 0 Å². The maximum Gasteiger partial charge on any atom is 0.308 e. The quantitative estimate of drug-likeness (QED) is 0.753. The molecule has 0 aliphatic heterocycles. The molecule has 2 unspecified atom stereocenters. The fourth-order valence-corrected chi connectivity index (χ4v) is 2.74. The molecule has 3 heteroatoms. The predicted octanol–water partition coefficient (Wildman–Crippen LogP) is 2.60. The minimum atomic E-state index is -0.0382. The molecule has 0 amide bonds. The van der Waals surface area contributed by atoms with Gasteiger partial charge in [-0.15, -0.1) is 0 Å². The number of carbonyl (C=O) groups excluding carboxylic acids is 1. The summed E-state index contributed by atoms with van der Waals surface area (Å²) in [6.07, 6.45) is 9.05. The van der Waals surface area contributed by atoms with Gasteiger partial charge in [-0.05, 0) is 42.9 Å². The third kappa shape index (κ3) is 3.05. The molecule has 1 saturated carbocycles. The SMILES string of the molecule is COC(=O)C1CCCCC1Cc1ccncc1. The van der Waals surface area contributed by atoms with Crippen LogP contribution in [0.4, 0.5) is 0 Å². The van der Waals surface area contributed by atoms with E-state index in [1.165, 1.54) is 19.1 Å². The van der Waals surface area contributed by atoms with Crippen molar-refractivity contribution >= 4 is 5.97 Å². The first-order valence-corrected chi connectivity index (χ1v) is 6.28. The molecule has 0 N–H and O–H groups in total. The van der Waals surface area contributed by atoms with Crippen LogP contribution in [-0.4, -0.2) is 18.1 Å². The predicted molar refractivity (Wildman–Crippen MR) is 65.4 cm³/mol. The Morgan fingerprint density at radius 1 is 1.35 bits per heavy atom. The van der Waals surface area contributed by atoms with Crippen molar-refractivity contribution in [3.05, 3.63) is 30.1 Å². The first-order chi connectivity index (χ1) is 8.31. The molecule has 1 aromatic heterocycles. The number of hydrogen-bond donors (Lipinski definition) is 0. The second-order valence-electron chi connectivity index (χ2n) is 4.73. The van der Waals surface area contributed by atoms with Gasteiger partial charge in [0.15, 0.2) is 0 Å². The maximum absolute atomic E-state index is 11.7. The maximum atomic E-state index is 11.7. The minimum Gasteiger partial charge on any atom is -0.469 e. The topological polar surface area (TPSA) is 39.2 Å². The summed E-state index contributed by atoms with van der Waals surface area (Å²) in [6.45, 7) is 0. The average Bonchev–Trinajstić information content (AvgIpc) is 2.40. The second-order valence-corrected chi connectivity index (χ2v) is 4.73. The van der Waals surface area contributed by atoms with Crippen molar-refractivity contribution < 1.29 is 9.53 Å². The molecule has 0 radical (unpaired) electrons. The smallest absolute Gasteiger partial charge is 0.308 e. The lowest BCUT2D eigenvalue weighted by molar-refractivity contribution is -0.148. The molecule has 17 heavy (non-hydrogen) atoms. The Bertz CT molecular complexity index is 364. The zero-order valence-corrected chi connectivity index (χ0v) is 10.3. The highest BCUT2D eigenvalue weighted by Crippen LogP contribution is 2.33. The number of carbonyl (C=O) groups is 1. The highest BCUT2D eigenvalue weighted by Gasteiger charge is 2.31. The molecule has 2 rings (SSSR count). The molecule has 1 heterocycles. The van der Waals surface area contributed by atoms with Crippen LogP contribution >= 0.6 is 0 Å². The van der Waals surface area contributed by atoms with Crippen LogP contribution < -0.4 is 0 Å². The van der Waals surface area contributed by atoms with Crippen LogP contribution in [0.3, 0.4) is 0 Å². The Morgan fingerprint density at radius 3 is 2.76 bits per heavy atom. The molecular formula is C14H19NO2. The number of pyridine rings is 1. The fraction of sp³-hybridized carbons (Fsp3) is 0.571. The van der Waals surface area contributed by atoms with E-state index in [1.807, 2.05) is 24.5 Å². The second kappa shape index (κ2) is 5.80. The lowest BCUT2D eigenvalue weighted by Gasteiger charge is -2.29. The first-order valence-electron chi connectivity index (χ1n) is 6.28. The Morgan fingerprint density at radius 2 is 2.06 bits per heavy atom. The van der Waals surface area contributed by atoms with E-state index >= 15 is 0 Å². The summed E-state index contributed by atoms with van der Waals surface area (Å²) in [5.74, 6) is 0.476. The highest BCUT2D eigenvalue weighted by atomic mass is 16.5. The number of methoxy groups -OCH3 is 1. The van der Waals surface area contributed by atoms with E-state index in [0.29, 0.717) is 5.92 Å². The van der Waals surface area contributed by atoms with Gasteiger partial charge >= 0.3 is 5.97 Å². The summed E-state index contributed by atoms with van der Waals surface area (Å²) in [4.78, 5) is 15.8. The van der Waals surface area contributed by atoms with Crippen LogP contribution in [-0.2, 0) is 16.0 Å². The van der Waals surface area contributed by atoms with Crippen molar-refractivity contribution in [3.63, 3.8) is 0 Å². The van der Waals surface area contributed by atoms with E-state index in [-0.39, 0.29) is 11.9 Å². The van der Waals surface area contributed by atoms with E-state index in [1.54, 1.807) is 0 Å². The monoisotopic (exact) mass is 233 g/mol. The van der Waals surface area contributed by atoms with Crippen LogP contribution in [0.15, 0.2) is 24.5 Å². The van der Waals surface area contributed by atoms with Crippen LogP contribution in [0.5, 0.6) is 0 Å². The van der Waals surface area contributed by atoms with Crippen LogP contribution in [0.25, 0.3) is 0 Å². The van der Waals surface area contributed by atoms with Gasteiger partial charge in [-0.3, -0.25) is 9.78 Å². The molecular weight excluding hydrogens is 214 g/mol. The van der Waals surface area contributed by atoms with Crippen molar-refractivity contribution in [2.75, 3.05) is 7.11 Å². The Labute approximate surface area is 102 Å². The van der Waals surface area contributed by atoms with Crippen LogP contribution in [0.1, 0.15) is 31.2 Å². The first kappa shape index (κ1) is 12.1. The molecule has 1 aromatic rings. The van der Waals surface area contributed by atoms with Gasteiger partial charge in [0.2, 0.25) is 0 Å².